The number of nitrogens with one attached hydrogen (secondary N) is 1. The highest BCUT2D eigenvalue weighted by Gasteiger charge is 2.29. The summed E-state index contributed by atoms with van der Waals surface area (Å²) in [4.78, 5) is 51.1. The number of likely N-dealkylation sites (tertiary alicyclic amines) is 2. The molecule has 1 aromatic carbocycles. The minimum absolute atomic E-state index is 0.0171. The van der Waals surface area contributed by atoms with Gasteiger partial charge in [0, 0.05) is 43.6 Å². The average molecular weight is 430 g/mol. The van der Waals surface area contributed by atoms with Gasteiger partial charge in [0.2, 0.25) is 11.8 Å². The molecule has 31 heavy (non-hydrogen) atoms. The third-order valence-corrected chi connectivity index (χ3v) is 5.96. The van der Waals surface area contributed by atoms with Crippen LogP contribution in [0.2, 0.25) is 0 Å². The van der Waals surface area contributed by atoms with Crippen molar-refractivity contribution in [1.29, 1.82) is 0 Å². The molecule has 0 bridgehead atoms. The summed E-state index contributed by atoms with van der Waals surface area (Å²) in [6.07, 6.45) is 4.25. The van der Waals surface area contributed by atoms with Crippen molar-refractivity contribution in [1.82, 2.24) is 15.1 Å². The number of carbonyl (C=O) groups excluding carboxylic acids is 4. The number of hydrogen-bond acceptors (Lipinski definition) is 5. The first-order valence-electron chi connectivity index (χ1n) is 11.0. The predicted octanol–water partition coefficient (Wildman–Crippen LogP) is 2.12. The molecule has 1 N–H and O–H groups in total. The van der Waals surface area contributed by atoms with Gasteiger partial charge in [0.25, 0.3) is 11.8 Å². The van der Waals surface area contributed by atoms with Gasteiger partial charge in [-0.15, -0.1) is 0 Å². The number of benzene rings is 1. The molecule has 0 saturated carbocycles. The molecule has 2 saturated heterocycles. The molecule has 2 aliphatic rings. The molecule has 8 nitrogen and oxygen atoms in total. The highest BCUT2D eigenvalue weighted by molar-refractivity contribution is 6.01. The monoisotopic (exact) mass is 429 g/mol. The van der Waals surface area contributed by atoms with Gasteiger partial charge in [0.1, 0.15) is 5.75 Å². The number of imide groups is 1. The van der Waals surface area contributed by atoms with Crippen LogP contribution >= 0.6 is 0 Å². The van der Waals surface area contributed by atoms with Crippen LogP contribution in [0.15, 0.2) is 24.3 Å². The van der Waals surface area contributed by atoms with E-state index >= 15 is 0 Å². The van der Waals surface area contributed by atoms with Crippen LogP contribution in [0.4, 0.5) is 0 Å². The maximum absolute atomic E-state index is 12.5. The molecule has 0 aromatic heterocycles. The van der Waals surface area contributed by atoms with Crippen molar-refractivity contribution in [2.24, 2.45) is 0 Å². The minimum Gasteiger partial charge on any atom is -0.484 e. The standard InChI is InChI=1S/C23H31N3O5/c1-16-5-3-6-17(2)26(16)22(29)15-31-19-9-7-18(8-10-19)23(30)24-13-4-14-25-20(27)11-12-21(25)28/h7-10,16-17H,3-6,11-15H2,1-2H3,(H,24,30). The summed E-state index contributed by atoms with van der Waals surface area (Å²) in [6.45, 7) is 4.82. The van der Waals surface area contributed by atoms with Crippen LogP contribution < -0.4 is 10.1 Å². The molecule has 8 heteroatoms. The fraction of sp³-hybridized carbons (Fsp3) is 0.565. The van der Waals surface area contributed by atoms with Gasteiger partial charge in [-0.2, -0.15) is 0 Å². The summed E-state index contributed by atoms with van der Waals surface area (Å²) in [5.41, 5.74) is 0.477. The molecule has 1 aromatic rings. The Balaban J connectivity index is 1.41. The van der Waals surface area contributed by atoms with Crippen LogP contribution in [0.25, 0.3) is 0 Å². The first-order chi connectivity index (χ1) is 14.9. The van der Waals surface area contributed by atoms with Crippen molar-refractivity contribution >= 4 is 23.6 Å². The lowest BCUT2D eigenvalue weighted by atomic mass is 9.97. The van der Waals surface area contributed by atoms with E-state index in [9.17, 15) is 19.2 Å². The van der Waals surface area contributed by atoms with E-state index in [2.05, 4.69) is 19.2 Å². The van der Waals surface area contributed by atoms with E-state index in [0.717, 1.165) is 19.3 Å². The molecule has 0 aliphatic carbocycles. The molecule has 168 valence electrons. The van der Waals surface area contributed by atoms with E-state index < -0.39 is 0 Å². The van der Waals surface area contributed by atoms with Crippen LogP contribution in [0, 0.1) is 0 Å². The first kappa shape index (κ1) is 22.8. The summed E-state index contributed by atoms with van der Waals surface area (Å²) >= 11 is 0. The summed E-state index contributed by atoms with van der Waals surface area (Å²) in [6, 6.07) is 7.10. The molecule has 2 heterocycles. The second kappa shape index (κ2) is 10.4. The van der Waals surface area contributed by atoms with Crippen molar-refractivity contribution in [3.63, 3.8) is 0 Å². The smallest absolute Gasteiger partial charge is 0.260 e. The van der Waals surface area contributed by atoms with Crippen molar-refractivity contribution in [3.05, 3.63) is 29.8 Å². The predicted molar refractivity (Wildman–Crippen MR) is 114 cm³/mol. The zero-order valence-corrected chi connectivity index (χ0v) is 18.3. The SMILES string of the molecule is CC1CCCC(C)N1C(=O)COc1ccc(C(=O)NCCCN2C(=O)CCC2=O)cc1. The Hall–Kier alpha value is -2.90. The second-order valence-electron chi connectivity index (χ2n) is 8.29. The van der Waals surface area contributed by atoms with Crippen LogP contribution in [-0.2, 0) is 14.4 Å². The Kier molecular flexibility index (Phi) is 7.65. The summed E-state index contributed by atoms with van der Waals surface area (Å²) in [5.74, 6) is -0.00776. The number of amides is 4. The molecule has 2 aliphatic heterocycles. The van der Waals surface area contributed by atoms with E-state index in [0.29, 0.717) is 30.8 Å². The molecule has 3 rings (SSSR count). The second-order valence-corrected chi connectivity index (χ2v) is 8.29. The van der Waals surface area contributed by atoms with E-state index in [1.54, 1.807) is 24.3 Å². The number of carbonyl (C=O) groups is 4. The van der Waals surface area contributed by atoms with Crippen LogP contribution in [0.5, 0.6) is 5.75 Å². The van der Waals surface area contributed by atoms with Gasteiger partial charge in [-0.25, -0.2) is 0 Å². The van der Waals surface area contributed by atoms with Gasteiger partial charge in [-0.05, 0) is 63.8 Å². The molecular weight excluding hydrogens is 398 g/mol. The Morgan fingerprint density at radius 1 is 1.03 bits per heavy atom. The van der Waals surface area contributed by atoms with Crippen molar-refractivity contribution < 1.29 is 23.9 Å². The van der Waals surface area contributed by atoms with Crippen molar-refractivity contribution in [2.45, 2.75) is 64.5 Å². The maximum Gasteiger partial charge on any atom is 0.260 e. The number of ether oxygens (including phenoxy) is 1. The van der Waals surface area contributed by atoms with Gasteiger partial charge >= 0.3 is 0 Å². The first-order valence-corrected chi connectivity index (χ1v) is 11.0. The normalized spacial score (nSPS) is 21.4. The fourth-order valence-corrected chi connectivity index (χ4v) is 4.25. The van der Waals surface area contributed by atoms with Gasteiger partial charge in [0.15, 0.2) is 6.61 Å². The number of hydrogen-bond donors (Lipinski definition) is 1. The third-order valence-electron chi connectivity index (χ3n) is 5.96. The van der Waals surface area contributed by atoms with Crippen LogP contribution in [-0.4, -0.2) is 65.2 Å². The Bertz CT molecular complexity index is 797. The largest absolute Gasteiger partial charge is 0.484 e. The Morgan fingerprint density at radius 3 is 2.26 bits per heavy atom. The van der Waals surface area contributed by atoms with Crippen LogP contribution in [0.3, 0.4) is 0 Å². The molecule has 2 fully saturated rings. The highest BCUT2D eigenvalue weighted by Crippen LogP contribution is 2.23. The van der Waals surface area contributed by atoms with Crippen molar-refractivity contribution in [3.8, 4) is 5.75 Å². The summed E-state index contributed by atoms with van der Waals surface area (Å²) in [7, 11) is 0. The van der Waals surface area contributed by atoms with E-state index in [4.69, 9.17) is 4.74 Å². The van der Waals surface area contributed by atoms with Crippen molar-refractivity contribution in [2.75, 3.05) is 19.7 Å². The minimum atomic E-state index is -0.238. The molecule has 4 amide bonds. The van der Waals surface area contributed by atoms with E-state index in [-0.39, 0.29) is 55.2 Å². The topological polar surface area (TPSA) is 96.0 Å². The summed E-state index contributed by atoms with van der Waals surface area (Å²) in [5, 5.41) is 2.79. The van der Waals surface area contributed by atoms with E-state index in [1.165, 1.54) is 4.90 Å². The molecule has 2 atom stereocenters. The lowest BCUT2D eigenvalue weighted by Crippen LogP contribution is -2.49. The lowest BCUT2D eigenvalue weighted by Gasteiger charge is -2.38. The molecule has 2 unspecified atom stereocenters. The quantitative estimate of drug-likeness (QED) is 0.504. The van der Waals surface area contributed by atoms with Gasteiger partial charge < -0.3 is 15.0 Å². The lowest BCUT2D eigenvalue weighted by molar-refractivity contribution is -0.140. The zero-order valence-electron chi connectivity index (χ0n) is 18.3. The third kappa shape index (κ3) is 5.83. The average Bonchev–Trinajstić information content (AvgIpc) is 3.07. The maximum atomic E-state index is 12.5. The Labute approximate surface area is 182 Å². The highest BCUT2D eigenvalue weighted by atomic mass is 16.5. The molecular formula is C23H31N3O5. The van der Waals surface area contributed by atoms with Gasteiger partial charge in [0.05, 0.1) is 0 Å². The van der Waals surface area contributed by atoms with Gasteiger partial charge in [-0.3, -0.25) is 24.1 Å². The Morgan fingerprint density at radius 2 is 1.65 bits per heavy atom. The van der Waals surface area contributed by atoms with Gasteiger partial charge in [-0.1, -0.05) is 0 Å². The van der Waals surface area contributed by atoms with Crippen LogP contribution in [0.1, 0.15) is 62.7 Å². The molecule has 0 radical (unpaired) electrons. The zero-order chi connectivity index (χ0) is 22.4. The summed E-state index contributed by atoms with van der Waals surface area (Å²) < 4.78 is 5.64. The number of rotatable bonds is 8. The fourth-order valence-electron chi connectivity index (χ4n) is 4.25. The van der Waals surface area contributed by atoms with E-state index in [1.807, 2.05) is 4.90 Å². The number of piperidine rings is 1. The molecule has 0 spiro atoms. The number of nitrogens with zero attached hydrogens (tertiary/aromatic N) is 2.